The number of anilines is 6. The first kappa shape index (κ1) is 32.3. The highest BCUT2D eigenvalue weighted by Gasteiger charge is 2.28. The Morgan fingerprint density at radius 3 is 1.13 bits per heavy atom. The molecule has 0 saturated carbocycles. The molecule has 0 N–H and O–H groups in total. The van der Waals surface area contributed by atoms with E-state index in [1.54, 1.807) is 0 Å². The largest absolute Gasteiger partial charge is 0.309 e. The normalized spacial score (nSPS) is 11.3. The Morgan fingerprint density at radius 1 is 0.385 bits per heavy atom. The number of benzene rings is 8. The van der Waals surface area contributed by atoms with Gasteiger partial charge in [-0.15, -0.1) is 0 Å². The van der Waals surface area contributed by atoms with Gasteiger partial charge in [-0.1, -0.05) is 111 Å². The fourth-order valence-electron chi connectivity index (χ4n) is 7.53. The van der Waals surface area contributed by atoms with E-state index in [0.717, 1.165) is 55.1 Å². The first-order chi connectivity index (χ1) is 25.3. The minimum absolute atomic E-state index is 0.510. The first-order valence-electron chi connectivity index (χ1n) is 17.2. The maximum atomic E-state index is 10.4. The number of rotatable bonds is 7. The molecule has 0 spiro atoms. The molecular formula is C46H33N5Si. The number of nitriles is 3. The summed E-state index contributed by atoms with van der Waals surface area (Å²) in [5.41, 5.74) is 6.79. The molecule has 8 aromatic rings. The molecule has 0 radical (unpaired) electrons. The van der Waals surface area contributed by atoms with E-state index >= 15 is 0 Å². The third-order valence-electron chi connectivity index (χ3n) is 9.85. The average molecular weight is 684 g/mol. The summed E-state index contributed by atoms with van der Waals surface area (Å²) in [5.74, 6) is 0. The third-order valence-corrected chi connectivity index (χ3v) is 11.9. The zero-order valence-electron chi connectivity index (χ0n) is 29.1. The van der Waals surface area contributed by atoms with Gasteiger partial charge in [-0.2, -0.15) is 15.8 Å². The van der Waals surface area contributed by atoms with Gasteiger partial charge >= 0.3 is 0 Å². The van der Waals surface area contributed by atoms with Crippen molar-refractivity contribution in [2.45, 2.75) is 19.6 Å². The van der Waals surface area contributed by atoms with E-state index in [4.69, 9.17) is 0 Å². The molecule has 246 valence electrons. The highest BCUT2D eigenvalue weighted by atomic mass is 28.3. The van der Waals surface area contributed by atoms with Crippen LogP contribution in [0.4, 0.5) is 34.1 Å². The molecule has 52 heavy (non-hydrogen) atoms. The van der Waals surface area contributed by atoms with Crippen molar-refractivity contribution in [3.8, 4) is 18.2 Å². The lowest BCUT2D eigenvalue weighted by atomic mass is 9.91. The van der Waals surface area contributed by atoms with Crippen molar-refractivity contribution >= 4 is 79.7 Å². The van der Waals surface area contributed by atoms with Crippen LogP contribution in [-0.2, 0) is 0 Å². The summed E-state index contributed by atoms with van der Waals surface area (Å²) in [6.07, 6.45) is 0. The number of nitrogens with zero attached hydrogens (tertiary/aromatic N) is 5. The lowest BCUT2D eigenvalue weighted by molar-refractivity contribution is 1.27. The van der Waals surface area contributed by atoms with Crippen molar-refractivity contribution < 1.29 is 0 Å². The van der Waals surface area contributed by atoms with Gasteiger partial charge in [0.05, 0.1) is 53.2 Å². The Labute approximate surface area is 304 Å². The molecule has 0 aromatic heterocycles. The van der Waals surface area contributed by atoms with Gasteiger partial charge in [0.15, 0.2) is 0 Å². The summed E-state index contributed by atoms with van der Waals surface area (Å²) in [5, 5.41) is 38.6. The van der Waals surface area contributed by atoms with E-state index in [2.05, 4.69) is 116 Å². The molecule has 8 rings (SSSR count). The second-order valence-electron chi connectivity index (χ2n) is 13.9. The molecule has 0 unspecified atom stereocenters. The molecule has 0 fully saturated rings. The van der Waals surface area contributed by atoms with Crippen molar-refractivity contribution in [3.05, 3.63) is 162 Å². The standard InChI is InChI=1S/C46H33N5Si/c1-52(2,3)44-19-11-10-18-43(44)51(40-17-9-6-14-35(40)30-49)42-27-23-32-20-24-36-41(26-22-31-21-25-37(42)46(32)45(31)36)50(38-15-7-4-12-33(38)28-47)39-16-8-5-13-34(39)29-48/h4-27H,1-3H3. The van der Waals surface area contributed by atoms with Gasteiger partial charge in [0, 0.05) is 16.5 Å². The van der Waals surface area contributed by atoms with E-state index in [0.29, 0.717) is 28.1 Å². The monoisotopic (exact) mass is 683 g/mol. The molecular weight excluding hydrogens is 651 g/mol. The third kappa shape index (κ3) is 5.21. The van der Waals surface area contributed by atoms with Gasteiger partial charge in [0.1, 0.15) is 18.2 Å². The van der Waals surface area contributed by atoms with Crippen LogP contribution in [0.3, 0.4) is 0 Å². The number of hydrogen-bond acceptors (Lipinski definition) is 5. The van der Waals surface area contributed by atoms with Crippen molar-refractivity contribution in [1.29, 1.82) is 15.8 Å². The average Bonchev–Trinajstić information content (AvgIpc) is 3.18. The van der Waals surface area contributed by atoms with Crippen LogP contribution in [0.15, 0.2) is 146 Å². The van der Waals surface area contributed by atoms with Gasteiger partial charge < -0.3 is 9.80 Å². The minimum atomic E-state index is -1.84. The highest BCUT2D eigenvalue weighted by Crippen LogP contribution is 2.48. The summed E-state index contributed by atoms with van der Waals surface area (Å²) >= 11 is 0. The van der Waals surface area contributed by atoms with Crippen LogP contribution in [0.5, 0.6) is 0 Å². The quantitative estimate of drug-likeness (QED) is 0.123. The van der Waals surface area contributed by atoms with Gasteiger partial charge in [-0.25, -0.2) is 0 Å². The number of para-hydroxylation sites is 4. The first-order valence-corrected chi connectivity index (χ1v) is 20.7. The van der Waals surface area contributed by atoms with E-state index in [1.807, 2.05) is 77.7 Å². The molecule has 0 amide bonds. The van der Waals surface area contributed by atoms with Crippen LogP contribution in [0.25, 0.3) is 32.3 Å². The fourth-order valence-corrected chi connectivity index (χ4v) is 9.09. The molecule has 5 nitrogen and oxygen atoms in total. The lowest BCUT2D eigenvalue weighted by Gasteiger charge is -2.33. The highest BCUT2D eigenvalue weighted by molar-refractivity contribution is 6.89. The van der Waals surface area contributed by atoms with E-state index in [-0.39, 0.29) is 0 Å². The molecule has 0 aliphatic rings. The van der Waals surface area contributed by atoms with Crippen LogP contribution in [0.2, 0.25) is 19.6 Å². The van der Waals surface area contributed by atoms with Gasteiger partial charge in [0.2, 0.25) is 0 Å². The maximum absolute atomic E-state index is 10.4. The smallest absolute Gasteiger partial charge is 0.101 e. The second kappa shape index (κ2) is 12.8. The van der Waals surface area contributed by atoms with Crippen molar-refractivity contribution in [2.75, 3.05) is 9.80 Å². The molecule has 0 saturated heterocycles. The predicted octanol–water partition coefficient (Wildman–Crippen LogP) is 11.7. The van der Waals surface area contributed by atoms with Gasteiger partial charge in [-0.05, 0) is 81.3 Å². The van der Waals surface area contributed by atoms with Crippen LogP contribution < -0.4 is 15.0 Å². The zero-order chi connectivity index (χ0) is 36.0. The second-order valence-corrected chi connectivity index (χ2v) is 19.0. The fraction of sp³-hybridized carbons (Fsp3) is 0.0652. The Hall–Kier alpha value is -6.91. The Morgan fingerprint density at radius 2 is 0.731 bits per heavy atom. The molecule has 0 aliphatic heterocycles. The van der Waals surface area contributed by atoms with E-state index in [9.17, 15) is 15.8 Å². The van der Waals surface area contributed by atoms with Crippen LogP contribution in [0.1, 0.15) is 16.7 Å². The summed E-state index contributed by atoms with van der Waals surface area (Å²) in [4.78, 5) is 4.32. The summed E-state index contributed by atoms with van der Waals surface area (Å²) in [7, 11) is -1.84. The molecule has 8 aromatic carbocycles. The van der Waals surface area contributed by atoms with Crippen LogP contribution >= 0.6 is 0 Å². The van der Waals surface area contributed by atoms with Gasteiger partial charge in [-0.3, -0.25) is 0 Å². The molecule has 0 atom stereocenters. The van der Waals surface area contributed by atoms with Crippen LogP contribution in [-0.4, -0.2) is 8.07 Å². The molecule has 6 heteroatoms. The van der Waals surface area contributed by atoms with Crippen LogP contribution in [0, 0.1) is 34.0 Å². The maximum Gasteiger partial charge on any atom is 0.101 e. The van der Waals surface area contributed by atoms with Gasteiger partial charge in [0.25, 0.3) is 0 Å². The summed E-state index contributed by atoms with van der Waals surface area (Å²) in [6.45, 7) is 7.06. The Bertz CT molecular complexity index is 2740. The van der Waals surface area contributed by atoms with Crippen molar-refractivity contribution in [2.24, 2.45) is 0 Å². The van der Waals surface area contributed by atoms with Crippen molar-refractivity contribution in [1.82, 2.24) is 0 Å². The molecule has 0 aliphatic carbocycles. The summed E-state index contributed by atoms with van der Waals surface area (Å²) < 4.78 is 0. The summed E-state index contributed by atoms with van der Waals surface area (Å²) in [6, 6.07) is 55.9. The van der Waals surface area contributed by atoms with E-state index in [1.165, 1.54) is 5.19 Å². The SMILES string of the molecule is C[Si](C)(C)c1ccccc1N(c1ccccc1C#N)c1ccc2ccc3c(N(c4ccccc4C#N)c4ccccc4C#N)ccc4ccc1c2c43. The van der Waals surface area contributed by atoms with E-state index < -0.39 is 8.07 Å². The molecule has 0 heterocycles. The number of hydrogen-bond donors (Lipinski definition) is 0. The minimum Gasteiger partial charge on any atom is -0.309 e. The molecule has 0 bridgehead atoms. The van der Waals surface area contributed by atoms with Crippen molar-refractivity contribution in [3.63, 3.8) is 0 Å². The topological polar surface area (TPSA) is 77.8 Å². The predicted molar refractivity (Wildman–Crippen MR) is 217 cm³/mol. The Kier molecular flexibility index (Phi) is 7.93. The Balaban J connectivity index is 1.47. The zero-order valence-corrected chi connectivity index (χ0v) is 30.1. The lowest BCUT2D eigenvalue weighted by Crippen LogP contribution is -2.40.